The molecule has 2 aromatic carbocycles. The van der Waals surface area contributed by atoms with Gasteiger partial charge in [-0.1, -0.05) is 22.9 Å². The lowest BCUT2D eigenvalue weighted by Crippen LogP contribution is -2.52. The van der Waals surface area contributed by atoms with Gasteiger partial charge in [0.2, 0.25) is 0 Å². The van der Waals surface area contributed by atoms with Gasteiger partial charge in [-0.25, -0.2) is 9.37 Å². The number of benzene rings is 2. The van der Waals surface area contributed by atoms with E-state index < -0.39 is 5.60 Å². The van der Waals surface area contributed by atoms with Crippen LogP contribution in [0.4, 0.5) is 4.39 Å². The molecule has 1 aromatic heterocycles. The fourth-order valence-electron chi connectivity index (χ4n) is 3.47. The van der Waals surface area contributed by atoms with Crippen LogP contribution in [0.3, 0.4) is 0 Å². The predicted octanol–water partition coefficient (Wildman–Crippen LogP) is 5.32. The molecular formula is C22H22ClFN2O3S. The highest BCUT2D eigenvalue weighted by molar-refractivity contribution is 7.20. The van der Waals surface area contributed by atoms with E-state index in [4.69, 9.17) is 21.1 Å². The first kappa shape index (κ1) is 20.9. The van der Waals surface area contributed by atoms with Crippen molar-refractivity contribution < 1.29 is 18.7 Å². The quantitative estimate of drug-likeness (QED) is 0.530. The van der Waals surface area contributed by atoms with Gasteiger partial charge in [-0.05, 0) is 56.3 Å². The van der Waals surface area contributed by atoms with Crippen molar-refractivity contribution in [3.8, 4) is 10.9 Å². The molecule has 0 aliphatic carbocycles. The van der Waals surface area contributed by atoms with E-state index in [0.717, 1.165) is 10.2 Å². The minimum atomic E-state index is -0.987. The Hall–Kier alpha value is -2.38. The number of likely N-dealkylation sites (tertiary alicyclic amines) is 1. The number of hydrogen-bond donors (Lipinski definition) is 0. The number of rotatable bonds is 5. The third-order valence-electron chi connectivity index (χ3n) is 5.03. The summed E-state index contributed by atoms with van der Waals surface area (Å²) in [4.78, 5) is 19.2. The van der Waals surface area contributed by atoms with E-state index in [2.05, 4.69) is 4.98 Å². The van der Waals surface area contributed by atoms with Crippen LogP contribution in [0.15, 0.2) is 42.5 Å². The van der Waals surface area contributed by atoms with Gasteiger partial charge in [0.15, 0.2) is 5.60 Å². The zero-order chi connectivity index (χ0) is 21.3. The van der Waals surface area contributed by atoms with Gasteiger partial charge in [0.25, 0.3) is 11.1 Å². The number of ether oxygens (including phenoxy) is 2. The topological polar surface area (TPSA) is 51.7 Å². The molecule has 4 rings (SSSR count). The maximum Gasteiger partial charge on any atom is 0.274 e. The standard InChI is InChI=1S/C22H22ClFN2O3S/c1-22(2,29-17-6-3-14(23)4-7-17)20(27)26-11-9-16(10-12-26)28-21-25-18-8-5-15(24)13-19(18)30-21/h3-8,13,16H,9-12H2,1-2H3. The van der Waals surface area contributed by atoms with Gasteiger partial charge in [-0.2, -0.15) is 0 Å². The molecule has 1 amide bonds. The third-order valence-corrected chi connectivity index (χ3v) is 6.19. The Balaban J connectivity index is 1.33. The SMILES string of the molecule is CC(C)(Oc1ccc(Cl)cc1)C(=O)N1CCC(Oc2nc3ccc(F)cc3s2)CC1. The van der Waals surface area contributed by atoms with Crippen LogP contribution >= 0.6 is 22.9 Å². The summed E-state index contributed by atoms with van der Waals surface area (Å²) in [6.07, 6.45) is 1.37. The summed E-state index contributed by atoms with van der Waals surface area (Å²) in [5.41, 5.74) is -0.261. The van der Waals surface area contributed by atoms with E-state index in [1.165, 1.54) is 23.5 Å². The molecule has 8 heteroatoms. The highest BCUT2D eigenvalue weighted by Gasteiger charge is 2.36. The van der Waals surface area contributed by atoms with E-state index in [1.54, 1.807) is 44.2 Å². The molecule has 3 aromatic rings. The Labute approximate surface area is 183 Å². The average Bonchev–Trinajstić information content (AvgIpc) is 3.11. The highest BCUT2D eigenvalue weighted by atomic mass is 35.5. The molecule has 1 aliphatic rings. The molecule has 30 heavy (non-hydrogen) atoms. The van der Waals surface area contributed by atoms with Crippen molar-refractivity contribution in [2.45, 2.75) is 38.4 Å². The molecule has 0 N–H and O–H groups in total. The number of nitrogens with zero attached hydrogens (tertiary/aromatic N) is 2. The maximum absolute atomic E-state index is 13.4. The summed E-state index contributed by atoms with van der Waals surface area (Å²) < 4.78 is 26.0. The minimum Gasteiger partial charge on any atom is -0.478 e. The van der Waals surface area contributed by atoms with Crippen molar-refractivity contribution >= 4 is 39.1 Å². The van der Waals surface area contributed by atoms with Crippen molar-refractivity contribution in [2.75, 3.05) is 13.1 Å². The van der Waals surface area contributed by atoms with Crippen LogP contribution in [0.5, 0.6) is 10.9 Å². The molecule has 158 valence electrons. The van der Waals surface area contributed by atoms with Gasteiger partial charge >= 0.3 is 0 Å². The fourth-order valence-corrected chi connectivity index (χ4v) is 4.50. The first-order chi connectivity index (χ1) is 14.3. The number of amides is 1. The number of hydrogen-bond acceptors (Lipinski definition) is 5. The summed E-state index contributed by atoms with van der Waals surface area (Å²) in [6, 6.07) is 11.5. The Bertz CT molecular complexity index is 1050. The lowest BCUT2D eigenvalue weighted by atomic mass is 10.0. The molecule has 1 aliphatic heterocycles. The van der Waals surface area contributed by atoms with Crippen LogP contribution in [0.25, 0.3) is 10.2 Å². The number of carbonyl (C=O) groups is 1. The largest absolute Gasteiger partial charge is 0.478 e. The van der Waals surface area contributed by atoms with Gasteiger partial charge in [-0.3, -0.25) is 4.79 Å². The molecule has 0 spiro atoms. The average molecular weight is 449 g/mol. The van der Waals surface area contributed by atoms with Gasteiger partial charge in [0, 0.05) is 31.0 Å². The summed E-state index contributed by atoms with van der Waals surface area (Å²) in [6.45, 7) is 4.70. The zero-order valence-electron chi connectivity index (χ0n) is 16.7. The highest BCUT2D eigenvalue weighted by Crippen LogP contribution is 2.31. The summed E-state index contributed by atoms with van der Waals surface area (Å²) in [7, 11) is 0. The number of thiazole rings is 1. The molecule has 0 bridgehead atoms. The maximum atomic E-state index is 13.4. The Morgan fingerprint density at radius 2 is 1.90 bits per heavy atom. The van der Waals surface area contributed by atoms with Crippen LogP contribution in [0, 0.1) is 5.82 Å². The van der Waals surface area contributed by atoms with E-state index in [0.29, 0.717) is 41.9 Å². The second-order valence-electron chi connectivity index (χ2n) is 7.77. The first-order valence-corrected chi connectivity index (χ1v) is 11.0. The summed E-state index contributed by atoms with van der Waals surface area (Å²) in [5, 5.41) is 1.15. The molecule has 0 saturated carbocycles. The number of halogens is 2. The van der Waals surface area contributed by atoms with Gasteiger partial charge in [-0.15, -0.1) is 0 Å². The third kappa shape index (κ3) is 4.68. The van der Waals surface area contributed by atoms with Crippen LogP contribution in [-0.2, 0) is 4.79 Å². The smallest absolute Gasteiger partial charge is 0.274 e. The number of fused-ring (bicyclic) bond motifs is 1. The molecule has 0 radical (unpaired) electrons. The molecule has 1 saturated heterocycles. The van der Waals surface area contributed by atoms with Crippen LogP contribution < -0.4 is 9.47 Å². The van der Waals surface area contributed by atoms with E-state index in [1.807, 2.05) is 4.90 Å². The van der Waals surface area contributed by atoms with E-state index in [9.17, 15) is 9.18 Å². The second kappa shape index (κ2) is 8.40. The van der Waals surface area contributed by atoms with Crippen molar-refractivity contribution in [1.82, 2.24) is 9.88 Å². The monoisotopic (exact) mass is 448 g/mol. The van der Waals surface area contributed by atoms with Crippen LogP contribution in [-0.4, -0.2) is 40.6 Å². The molecule has 0 atom stereocenters. The Morgan fingerprint density at radius 3 is 2.60 bits per heavy atom. The minimum absolute atomic E-state index is 0.0280. The molecule has 1 fully saturated rings. The van der Waals surface area contributed by atoms with Crippen molar-refractivity contribution in [3.05, 3.63) is 53.3 Å². The summed E-state index contributed by atoms with van der Waals surface area (Å²) >= 11 is 7.24. The van der Waals surface area contributed by atoms with E-state index in [-0.39, 0.29) is 17.8 Å². The predicted molar refractivity (Wildman–Crippen MR) is 116 cm³/mol. The van der Waals surface area contributed by atoms with Crippen molar-refractivity contribution in [3.63, 3.8) is 0 Å². The zero-order valence-corrected chi connectivity index (χ0v) is 18.3. The fraction of sp³-hybridized carbons (Fsp3) is 0.364. The lowest BCUT2D eigenvalue weighted by Gasteiger charge is -2.36. The number of carbonyl (C=O) groups excluding carboxylic acids is 1. The normalized spacial score (nSPS) is 15.4. The molecule has 5 nitrogen and oxygen atoms in total. The Morgan fingerprint density at radius 1 is 1.20 bits per heavy atom. The molecular weight excluding hydrogens is 427 g/mol. The number of piperidine rings is 1. The van der Waals surface area contributed by atoms with Gasteiger partial charge in [0.05, 0.1) is 10.2 Å². The van der Waals surface area contributed by atoms with Crippen molar-refractivity contribution in [2.24, 2.45) is 0 Å². The van der Waals surface area contributed by atoms with Crippen molar-refractivity contribution in [1.29, 1.82) is 0 Å². The van der Waals surface area contributed by atoms with Gasteiger partial charge in [0.1, 0.15) is 17.7 Å². The second-order valence-corrected chi connectivity index (χ2v) is 9.20. The lowest BCUT2D eigenvalue weighted by molar-refractivity contribution is -0.147. The molecule has 0 unspecified atom stereocenters. The van der Waals surface area contributed by atoms with Crippen LogP contribution in [0.1, 0.15) is 26.7 Å². The summed E-state index contributed by atoms with van der Waals surface area (Å²) in [5.74, 6) is 0.252. The first-order valence-electron chi connectivity index (χ1n) is 9.77. The van der Waals surface area contributed by atoms with Gasteiger partial charge < -0.3 is 14.4 Å². The van der Waals surface area contributed by atoms with Crippen LogP contribution in [0.2, 0.25) is 5.02 Å². The Kier molecular flexibility index (Phi) is 5.84. The number of aromatic nitrogens is 1. The van der Waals surface area contributed by atoms with E-state index >= 15 is 0 Å². The molecule has 2 heterocycles.